The van der Waals surface area contributed by atoms with Crippen molar-refractivity contribution in [3.05, 3.63) is 42.0 Å². The van der Waals surface area contributed by atoms with Crippen LogP contribution in [-0.2, 0) is 9.84 Å². The SMILES string of the molecule is COc1cc(NC(=O)c2cccc(NC3=N[C@@H]4CS(=O)(=O)C[C@H]4S3)c2)cc(OC)c1OC. The predicted molar refractivity (Wildman–Crippen MR) is 125 cm³/mol. The first-order chi connectivity index (χ1) is 15.3. The van der Waals surface area contributed by atoms with E-state index in [4.69, 9.17) is 14.2 Å². The molecular formula is C21H23N3O6S2. The second kappa shape index (κ2) is 8.91. The van der Waals surface area contributed by atoms with E-state index in [0.29, 0.717) is 39.4 Å². The van der Waals surface area contributed by atoms with E-state index < -0.39 is 9.84 Å². The van der Waals surface area contributed by atoms with Crippen LogP contribution < -0.4 is 24.8 Å². The fraction of sp³-hybridized carbons (Fsp3) is 0.333. The zero-order valence-corrected chi connectivity index (χ0v) is 19.4. The number of sulfone groups is 1. The molecule has 2 heterocycles. The summed E-state index contributed by atoms with van der Waals surface area (Å²) in [6.45, 7) is 0. The number of amides is 1. The van der Waals surface area contributed by atoms with Gasteiger partial charge in [0.1, 0.15) is 0 Å². The standard InChI is InChI=1S/C21H23N3O6S2/c1-28-16-8-14(9-17(29-2)19(16)30-3)22-20(25)12-5-4-6-13(7-12)23-21-24-15-10-32(26,27)11-18(15)31-21/h4-9,15,18H,10-11H2,1-3H3,(H,22,25)(H,23,24)/t15-,18-/m1/s1. The predicted octanol–water partition coefficient (Wildman–Crippen LogP) is 2.65. The van der Waals surface area contributed by atoms with E-state index in [1.54, 1.807) is 30.3 Å². The van der Waals surface area contributed by atoms with E-state index in [1.165, 1.54) is 33.1 Å². The maximum atomic E-state index is 12.8. The van der Waals surface area contributed by atoms with Gasteiger partial charge in [-0.15, -0.1) is 0 Å². The first kappa shape index (κ1) is 22.3. The Balaban J connectivity index is 1.48. The van der Waals surface area contributed by atoms with Gasteiger partial charge in [0, 0.05) is 34.3 Å². The van der Waals surface area contributed by atoms with Gasteiger partial charge in [-0.3, -0.25) is 9.79 Å². The Kier molecular flexibility index (Phi) is 6.20. The number of thioether (sulfide) groups is 1. The molecule has 1 saturated heterocycles. The molecule has 2 atom stereocenters. The fourth-order valence-electron chi connectivity index (χ4n) is 3.63. The van der Waals surface area contributed by atoms with Crippen molar-refractivity contribution >= 4 is 44.0 Å². The Bertz CT molecular complexity index is 1160. The van der Waals surface area contributed by atoms with Crippen molar-refractivity contribution in [2.24, 2.45) is 4.99 Å². The second-order valence-corrected chi connectivity index (χ2v) is 10.7. The van der Waals surface area contributed by atoms with Crippen LogP contribution in [0.15, 0.2) is 41.4 Å². The minimum Gasteiger partial charge on any atom is -0.493 e. The Morgan fingerprint density at radius 1 is 1.03 bits per heavy atom. The number of anilines is 2. The van der Waals surface area contributed by atoms with Gasteiger partial charge in [-0.05, 0) is 18.2 Å². The molecule has 0 spiro atoms. The van der Waals surface area contributed by atoms with E-state index >= 15 is 0 Å². The molecule has 1 fully saturated rings. The molecular weight excluding hydrogens is 454 g/mol. The minimum atomic E-state index is -3.00. The fourth-order valence-corrected chi connectivity index (χ4v) is 7.31. The molecule has 2 aliphatic heterocycles. The number of nitrogens with zero attached hydrogens (tertiary/aromatic N) is 1. The zero-order chi connectivity index (χ0) is 22.9. The van der Waals surface area contributed by atoms with Gasteiger partial charge in [0.15, 0.2) is 26.5 Å². The molecule has 32 heavy (non-hydrogen) atoms. The number of hydrogen-bond acceptors (Lipinski definition) is 9. The van der Waals surface area contributed by atoms with Gasteiger partial charge >= 0.3 is 0 Å². The summed E-state index contributed by atoms with van der Waals surface area (Å²) in [5.41, 5.74) is 1.62. The van der Waals surface area contributed by atoms with Crippen LogP contribution in [0.1, 0.15) is 10.4 Å². The summed E-state index contributed by atoms with van der Waals surface area (Å²) in [5, 5.41) is 6.64. The smallest absolute Gasteiger partial charge is 0.255 e. The molecule has 2 aromatic rings. The summed E-state index contributed by atoms with van der Waals surface area (Å²) < 4.78 is 39.4. The van der Waals surface area contributed by atoms with Gasteiger partial charge in [-0.2, -0.15) is 0 Å². The average molecular weight is 478 g/mol. The minimum absolute atomic E-state index is 0.0472. The lowest BCUT2D eigenvalue weighted by molar-refractivity contribution is 0.102. The van der Waals surface area contributed by atoms with E-state index in [0.717, 1.165) is 0 Å². The molecule has 0 radical (unpaired) electrons. The zero-order valence-electron chi connectivity index (χ0n) is 17.7. The maximum absolute atomic E-state index is 12.8. The van der Waals surface area contributed by atoms with Crippen molar-refractivity contribution in [1.29, 1.82) is 0 Å². The molecule has 0 saturated carbocycles. The first-order valence-electron chi connectivity index (χ1n) is 9.75. The van der Waals surface area contributed by atoms with Gasteiger partial charge in [-0.1, -0.05) is 17.8 Å². The van der Waals surface area contributed by atoms with Crippen LogP contribution in [0.25, 0.3) is 0 Å². The van der Waals surface area contributed by atoms with Crippen molar-refractivity contribution < 1.29 is 27.4 Å². The number of rotatable bonds is 6. The highest BCUT2D eigenvalue weighted by molar-refractivity contribution is 8.15. The van der Waals surface area contributed by atoms with Crippen molar-refractivity contribution in [1.82, 2.24) is 0 Å². The topological polar surface area (TPSA) is 115 Å². The third kappa shape index (κ3) is 4.63. The Hall–Kier alpha value is -2.92. The molecule has 0 aromatic heterocycles. The van der Waals surface area contributed by atoms with Crippen LogP contribution in [0.5, 0.6) is 17.2 Å². The van der Waals surface area contributed by atoms with Gasteiger partial charge in [-0.25, -0.2) is 8.42 Å². The van der Waals surface area contributed by atoms with Crippen molar-refractivity contribution in [3.63, 3.8) is 0 Å². The van der Waals surface area contributed by atoms with Crippen molar-refractivity contribution in [2.45, 2.75) is 11.3 Å². The normalized spacial score (nSPS) is 20.8. The van der Waals surface area contributed by atoms with Gasteiger partial charge in [0.25, 0.3) is 5.91 Å². The molecule has 2 N–H and O–H groups in total. The van der Waals surface area contributed by atoms with E-state index in [-0.39, 0.29) is 28.7 Å². The molecule has 2 aromatic carbocycles. The Morgan fingerprint density at radius 2 is 1.75 bits per heavy atom. The molecule has 11 heteroatoms. The molecule has 4 rings (SSSR count). The third-order valence-corrected chi connectivity index (χ3v) is 8.26. The molecule has 1 amide bonds. The largest absolute Gasteiger partial charge is 0.493 e. The van der Waals surface area contributed by atoms with Crippen LogP contribution in [0.2, 0.25) is 0 Å². The number of hydrogen-bond donors (Lipinski definition) is 2. The van der Waals surface area contributed by atoms with Crippen LogP contribution >= 0.6 is 11.8 Å². The van der Waals surface area contributed by atoms with E-state index in [2.05, 4.69) is 15.6 Å². The number of fused-ring (bicyclic) bond motifs is 1. The molecule has 0 bridgehead atoms. The molecule has 0 unspecified atom stereocenters. The highest BCUT2D eigenvalue weighted by Gasteiger charge is 2.42. The number of carbonyl (C=O) groups excluding carboxylic acids is 1. The number of benzene rings is 2. The lowest BCUT2D eigenvalue weighted by Crippen LogP contribution is -2.14. The van der Waals surface area contributed by atoms with Gasteiger partial charge in [0.05, 0.1) is 38.9 Å². The number of nitrogens with one attached hydrogen (secondary N) is 2. The molecule has 0 aliphatic carbocycles. The van der Waals surface area contributed by atoms with E-state index in [1.807, 2.05) is 6.07 Å². The summed E-state index contributed by atoms with van der Waals surface area (Å²) in [6.07, 6.45) is 0. The number of aliphatic imine (C=N–C) groups is 1. The summed E-state index contributed by atoms with van der Waals surface area (Å²) in [6, 6.07) is 10.1. The van der Waals surface area contributed by atoms with Crippen LogP contribution in [0, 0.1) is 0 Å². The summed E-state index contributed by atoms with van der Waals surface area (Å²) in [7, 11) is 1.52. The molecule has 9 nitrogen and oxygen atoms in total. The van der Waals surface area contributed by atoms with Crippen molar-refractivity contribution in [3.8, 4) is 17.2 Å². The number of amidine groups is 1. The quantitative estimate of drug-likeness (QED) is 0.653. The first-order valence-corrected chi connectivity index (χ1v) is 12.5. The van der Waals surface area contributed by atoms with Crippen LogP contribution in [-0.4, -0.2) is 63.6 Å². The Labute approximate surface area is 190 Å². The molecule has 2 aliphatic rings. The lowest BCUT2D eigenvalue weighted by Gasteiger charge is -2.15. The molecule has 170 valence electrons. The monoisotopic (exact) mass is 477 g/mol. The van der Waals surface area contributed by atoms with E-state index in [9.17, 15) is 13.2 Å². The lowest BCUT2D eigenvalue weighted by atomic mass is 10.1. The Morgan fingerprint density at radius 3 is 2.38 bits per heavy atom. The van der Waals surface area contributed by atoms with Crippen LogP contribution in [0.4, 0.5) is 11.4 Å². The highest BCUT2D eigenvalue weighted by atomic mass is 32.2. The van der Waals surface area contributed by atoms with Crippen LogP contribution in [0.3, 0.4) is 0 Å². The van der Waals surface area contributed by atoms with Gasteiger partial charge < -0.3 is 24.8 Å². The number of carbonyl (C=O) groups is 1. The second-order valence-electron chi connectivity index (χ2n) is 7.31. The maximum Gasteiger partial charge on any atom is 0.255 e. The third-order valence-electron chi connectivity index (χ3n) is 5.12. The van der Waals surface area contributed by atoms with Crippen molar-refractivity contribution in [2.75, 3.05) is 43.5 Å². The number of methoxy groups -OCH3 is 3. The highest BCUT2D eigenvalue weighted by Crippen LogP contribution is 2.40. The average Bonchev–Trinajstić information content (AvgIpc) is 3.25. The number of ether oxygens (including phenoxy) is 3. The summed E-state index contributed by atoms with van der Waals surface area (Å²) in [4.78, 5) is 17.3. The summed E-state index contributed by atoms with van der Waals surface area (Å²) in [5.74, 6) is 1.22. The van der Waals surface area contributed by atoms with Gasteiger partial charge in [0.2, 0.25) is 5.75 Å². The summed E-state index contributed by atoms with van der Waals surface area (Å²) >= 11 is 1.43.